The molecule has 0 atom stereocenters. The van der Waals surface area contributed by atoms with Crippen molar-refractivity contribution in [2.24, 2.45) is 4.99 Å². The summed E-state index contributed by atoms with van der Waals surface area (Å²) in [6, 6.07) is 11.3. The van der Waals surface area contributed by atoms with Crippen LogP contribution in [0.3, 0.4) is 0 Å². The lowest BCUT2D eigenvalue weighted by Crippen LogP contribution is -2.04. The predicted molar refractivity (Wildman–Crippen MR) is 79.1 cm³/mol. The summed E-state index contributed by atoms with van der Waals surface area (Å²) in [5.41, 5.74) is 1.12. The third-order valence-corrected chi connectivity index (χ3v) is 3.88. The highest BCUT2D eigenvalue weighted by Gasteiger charge is 2.24. The van der Waals surface area contributed by atoms with Gasteiger partial charge in [0.25, 0.3) is 0 Å². The Morgan fingerprint density at radius 1 is 1.21 bits per heavy atom. The Morgan fingerprint density at radius 2 is 2.00 bits per heavy atom. The maximum atomic E-state index is 11.7. The van der Waals surface area contributed by atoms with Crippen molar-refractivity contribution in [2.75, 3.05) is 0 Å². The van der Waals surface area contributed by atoms with E-state index in [0.29, 0.717) is 11.6 Å². The van der Waals surface area contributed by atoms with Crippen molar-refractivity contribution >= 4 is 45.2 Å². The molecular weight excluding hydrogens is 326 g/mol. The second-order valence-electron chi connectivity index (χ2n) is 3.86. The molecular formula is C14H8BrNO2S. The Morgan fingerprint density at radius 3 is 2.68 bits per heavy atom. The average Bonchev–Trinajstić information content (AvgIpc) is 3.02. The van der Waals surface area contributed by atoms with Crippen molar-refractivity contribution in [1.29, 1.82) is 0 Å². The van der Waals surface area contributed by atoms with Crippen LogP contribution in [-0.2, 0) is 9.53 Å². The van der Waals surface area contributed by atoms with Gasteiger partial charge in [-0.2, -0.15) is 0 Å². The van der Waals surface area contributed by atoms with Crippen LogP contribution >= 0.6 is 27.3 Å². The summed E-state index contributed by atoms with van der Waals surface area (Å²) in [5, 5.41) is 1.95. The standard InChI is InChI=1S/C14H8BrNO2S/c15-10-5-3-9(4-6-10)13-16-12(14(17)18-13)8-11-2-1-7-19-11/h1-8H/b12-8+. The molecule has 0 saturated heterocycles. The number of rotatable bonds is 2. The molecule has 19 heavy (non-hydrogen) atoms. The number of hydrogen-bond acceptors (Lipinski definition) is 4. The quantitative estimate of drug-likeness (QED) is 0.618. The van der Waals surface area contributed by atoms with Gasteiger partial charge >= 0.3 is 5.97 Å². The fourth-order valence-electron chi connectivity index (χ4n) is 1.63. The molecule has 5 heteroatoms. The molecule has 1 aliphatic heterocycles. The zero-order chi connectivity index (χ0) is 13.2. The number of hydrogen-bond donors (Lipinski definition) is 0. The number of benzene rings is 1. The molecule has 0 amide bonds. The Labute approximate surface area is 122 Å². The van der Waals surface area contributed by atoms with Crippen LogP contribution in [0, 0.1) is 0 Å². The number of halogens is 1. The van der Waals surface area contributed by atoms with Crippen molar-refractivity contribution in [2.45, 2.75) is 0 Å². The van der Waals surface area contributed by atoms with Crippen molar-refractivity contribution < 1.29 is 9.53 Å². The van der Waals surface area contributed by atoms with E-state index in [-0.39, 0.29) is 0 Å². The van der Waals surface area contributed by atoms with E-state index in [9.17, 15) is 4.79 Å². The summed E-state index contributed by atoms with van der Waals surface area (Å²) in [4.78, 5) is 17.0. The van der Waals surface area contributed by atoms with Crippen LogP contribution in [0.25, 0.3) is 6.08 Å². The Hall–Kier alpha value is -1.72. The minimum atomic E-state index is -0.411. The van der Waals surface area contributed by atoms with Crippen LogP contribution < -0.4 is 0 Å². The summed E-state index contributed by atoms with van der Waals surface area (Å²) >= 11 is 4.91. The minimum absolute atomic E-state index is 0.334. The molecule has 2 aromatic rings. The molecule has 0 aliphatic carbocycles. The molecule has 2 heterocycles. The van der Waals surface area contributed by atoms with Gasteiger partial charge in [0.2, 0.25) is 5.90 Å². The Kier molecular flexibility index (Phi) is 3.31. The molecule has 0 fully saturated rings. The summed E-state index contributed by atoms with van der Waals surface area (Å²) in [5.74, 6) is -0.0633. The van der Waals surface area contributed by atoms with E-state index in [1.807, 2.05) is 41.8 Å². The lowest BCUT2D eigenvalue weighted by molar-refractivity contribution is -0.129. The summed E-state index contributed by atoms with van der Waals surface area (Å²) in [7, 11) is 0. The molecule has 0 unspecified atom stereocenters. The first kappa shape index (κ1) is 12.3. The SMILES string of the molecule is O=C1OC(c2ccc(Br)cc2)=N/C1=C/c1cccs1. The first-order chi connectivity index (χ1) is 9.22. The molecule has 0 radical (unpaired) electrons. The van der Waals surface area contributed by atoms with Gasteiger partial charge in [0.15, 0.2) is 5.70 Å². The smallest absolute Gasteiger partial charge is 0.363 e. The average molecular weight is 334 g/mol. The maximum Gasteiger partial charge on any atom is 0.363 e. The number of esters is 1. The van der Waals surface area contributed by atoms with Gasteiger partial charge < -0.3 is 4.74 Å². The van der Waals surface area contributed by atoms with E-state index in [4.69, 9.17) is 4.74 Å². The summed E-state index contributed by atoms with van der Waals surface area (Å²) in [6.45, 7) is 0. The first-order valence-corrected chi connectivity index (χ1v) is 7.22. The van der Waals surface area contributed by atoms with Crippen LogP contribution in [0.2, 0.25) is 0 Å². The minimum Gasteiger partial charge on any atom is -0.402 e. The number of carbonyl (C=O) groups excluding carboxylic acids is 1. The second kappa shape index (κ2) is 5.11. The van der Waals surface area contributed by atoms with Crippen molar-refractivity contribution in [3.63, 3.8) is 0 Å². The monoisotopic (exact) mass is 333 g/mol. The van der Waals surface area contributed by atoms with Gasteiger partial charge in [-0.3, -0.25) is 0 Å². The number of ether oxygens (including phenoxy) is 1. The number of thiophene rings is 1. The fraction of sp³-hybridized carbons (Fsp3) is 0. The van der Waals surface area contributed by atoms with Crippen LogP contribution in [-0.4, -0.2) is 11.9 Å². The van der Waals surface area contributed by atoms with Gasteiger partial charge in [-0.05, 0) is 41.8 Å². The molecule has 0 N–H and O–H groups in total. The van der Waals surface area contributed by atoms with E-state index in [1.54, 1.807) is 17.4 Å². The molecule has 0 spiro atoms. The van der Waals surface area contributed by atoms with Crippen LogP contribution in [0.1, 0.15) is 10.4 Å². The lowest BCUT2D eigenvalue weighted by Gasteiger charge is -1.98. The third-order valence-electron chi connectivity index (χ3n) is 2.53. The van der Waals surface area contributed by atoms with Crippen LogP contribution in [0.15, 0.2) is 56.9 Å². The topological polar surface area (TPSA) is 38.7 Å². The highest BCUT2D eigenvalue weighted by molar-refractivity contribution is 9.10. The molecule has 3 nitrogen and oxygen atoms in total. The van der Waals surface area contributed by atoms with Crippen molar-refractivity contribution in [3.8, 4) is 0 Å². The van der Waals surface area contributed by atoms with Gasteiger partial charge in [0.05, 0.1) is 0 Å². The van der Waals surface area contributed by atoms with Crippen molar-refractivity contribution in [3.05, 3.63) is 62.4 Å². The molecule has 1 aromatic heterocycles. The van der Waals surface area contributed by atoms with Gasteiger partial charge in [0.1, 0.15) is 0 Å². The molecule has 1 aliphatic rings. The van der Waals surface area contributed by atoms with Gasteiger partial charge in [-0.1, -0.05) is 22.0 Å². The van der Waals surface area contributed by atoms with Gasteiger partial charge in [-0.15, -0.1) is 11.3 Å². The summed E-state index contributed by atoms with van der Waals surface area (Å²) in [6.07, 6.45) is 1.73. The number of cyclic esters (lactones) is 1. The highest BCUT2D eigenvalue weighted by atomic mass is 79.9. The molecule has 94 valence electrons. The van der Waals surface area contributed by atoms with E-state index >= 15 is 0 Å². The largest absolute Gasteiger partial charge is 0.402 e. The van der Waals surface area contributed by atoms with E-state index in [1.165, 1.54) is 0 Å². The zero-order valence-electron chi connectivity index (χ0n) is 9.67. The van der Waals surface area contributed by atoms with Crippen molar-refractivity contribution in [1.82, 2.24) is 0 Å². The summed E-state index contributed by atoms with van der Waals surface area (Å²) < 4.78 is 6.15. The van der Waals surface area contributed by atoms with Gasteiger partial charge in [-0.25, -0.2) is 9.79 Å². The molecule has 3 rings (SSSR count). The predicted octanol–water partition coefficient (Wildman–Crippen LogP) is 3.86. The molecule has 0 bridgehead atoms. The fourth-order valence-corrected chi connectivity index (χ4v) is 2.55. The lowest BCUT2D eigenvalue weighted by atomic mass is 10.2. The number of nitrogens with zero attached hydrogens (tertiary/aromatic N) is 1. The zero-order valence-corrected chi connectivity index (χ0v) is 12.1. The van der Waals surface area contributed by atoms with Gasteiger partial charge in [0, 0.05) is 14.9 Å². The van der Waals surface area contributed by atoms with Crippen LogP contribution in [0.4, 0.5) is 0 Å². The Bertz CT molecular complexity index is 672. The van der Waals surface area contributed by atoms with E-state index < -0.39 is 5.97 Å². The number of aliphatic imine (C=N–C) groups is 1. The number of carbonyl (C=O) groups is 1. The maximum absolute atomic E-state index is 11.7. The Balaban J connectivity index is 1.93. The van der Waals surface area contributed by atoms with E-state index in [0.717, 1.165) is 14.9 Å². The normalized spacial score (nSPS) is 16.6. The molecule has 1 aromatic carbocycles. The molecule has 0 saturated carbocycles. The second-order valence-corrected chi connectivity index (χ2v) is 5.75. The highest BCUT2D eigenvalue weighted by Crippen LogP contribution is 2.21. The van der Waals surface area contributed by atoms with Crippen LogP contribution in [0.5, 0.6) is 0 Å². The first-order valence-electron chi connectivity index (χ1n) is 5.54. The third kappa shape index (κ3) is 2.67. The van der Waals surface area contributed by atoms with E-state index in [2.05, 4.69) is 20.9 Å².